The molecule has 0 saturated carbocycles. The van der Waals surface area contributed by atoms with E-state index >= 15 is 0 Å². The monoisotopic (exact) mass is 503 g/mol. The first-order valence-corrected chi connectivity index (χ1v) is 11.3. The molecule has 26 heavy (non-hydrogen) atoms. The summed E-state index contributed by atoms with van der Waals surface area (Å²) in [6, 6.07) is 0.514. The molecule has 9 heteroatoms. The van der Waals surface area contributed by atoms with Crippen LogP contribution in [0.4, 0.5) is 0 Å². The Labute approximate surface area is 177 Å². The predicted octanol–water partition coefficient (Wildman–Crippen LogP) is 0.865. The lowest BCUT2D eigenvalue weighted by atomic mass is 10.0. The normalized spacial score (nSPS) is 19.7. The van der Waals surface area contributed by atoms with E-state index in [9.17, 15) is 8.42 Å². The number of halogens is 1. The van der Waals surface area contributed by atoms with Crippen LogP contribution in [-0.2, 0) is 9.84 Å². The number of aliphatic imine (C=N–C) groups is 1. The fourth-order valence-electron chi connectivity index (χ4n) is 3.03. The lowest BCUT2D eigenvalue weighted by Crippen LogP contribution is -2.55. The fraction of sp³-hybridized carbons (Fsp3) is 0.941. The van der Waals surface area contributed by atoms with Gasteiger partial charge in [-0.2, -0.15) is 0 Å². The van der Waals surface area contributed by atoms with Gasteiger partial charge in [-0.1, -0.05) is 13.8 Å². The maximum atomic E-state index is 11.3. The minimum absolute atomic E-state index is 0. The molecule has 0 amide bonds. The molecule has 1 heterocycles. The number of hydrogen-bond donors (Lipinski definition) is 2. The molecule has 0 aromatic carbocycles. The van der Waals surface area contributed by atoms with Gasteiger partial charge in [-0.15, -0.1) is 24.0 Å². The molecule has 0 bridgehead atoms. The number of nitrogens with zero attached hydrogens (tertiary/aromatic N) is 3. The van der Waals surface area contributed by atoms with Crippen LogP contribution in [0.2, 0.25) is 0 Å². The molecule has 1 aliphatic heterocycles. The van der Waals surface area contributed by atoms with Crippen molar-refractivity contribution in [1.29, 1.82) is 0 Å². The summed E-state index contributed by atoms with van der Waals surface area (Å²) in [5.41, 5.74) is 0. The van der Waals surface area contributed by atoms with Crippen molar-refractivity contribution in [2.24, 2.45) is 10.9 Å². The van der Waals surface area contributed by atoms with Gasteiger partial charge in [-0.25, -0.2) is 8.42 Å². The second-order valence-corrected chi connectivity index (χ2v) is 9.83. The van der Waals surface area contributed by atoms with E-state index in [2.05, 4.69) is 46.3 Å². The summed E-state index contributed by atoms with van der Waals surface area (Å²) in [5.74, 6) is 1.48. The molecule has 2 atom stereocenters. The van der Waals surface area contributed by atoms with E-state index in [1.54, 1.807) is 7.05 Å². The van der Waals surface area contributed by atoms with Crippen LogP contribution in [-0.4, -0.2) is 95.1 Å². The van der Waals surface area contributed by atoms with Gasteiger partial charge in [0.05, 0.1) is 5.75 Å². The molecular formula is C17H38IN5O2S. The van der Waals surface area contributed by atoms with Crippen LogP contribution in [0.3, 0.4) is 0 Å². The first kappa shape index (κ1) is 25.9. The summed E-state index contributed by atoms with van der Waals surface area (Å²) < 4.78 is 22.6. The highest BCUT2D eigenvalue weighted by Gasteiger charge is 2.25. The van der Waals surface area contributed by atoms with Crippen LogP contribution in [0.5, 0.6) is 0 Å². The minimum Gasteiger partial charge on any atom is -0.355 e. The predicted molar refractivity (Wildman–Crippen MR) is 121 cm³/mol. The maximum absolute atomic E-state index is 11.3. The zero-order valence-corrected chi connectivity index (χ0v) is 20.3. The third kappa shape index (κ3) is 10.3. The van der Waals surface area contributed by atoms with Crippen LogP contribution >= 0.6 is 24.0 Å². The van der Waals surface area contributed by atoms with Crippen molar-refractivity contribution < 1.29 is 8.42 Å². The van der Waals surface area contributed by atoms with Crippen molar-refractivity contribution >= 4 is 39.8 Å². The first-order chi connectivity index (χ1) is 11.6. The molecule has 2 N–H and O–H groups in total. The first-order valence-electron chi connectivity index (χ1n) is 9.20. The molecule has 0 aromatic rings. The standard InChI is InChI=1S/C17H37N5O2S.HI/c1-14(2)16(22-10-8-21(5)9-11-22)13-19-17(18-4)20-15(3)7-12-25(6,23)24;/h14-16H,7-13H2,1-6H3,(H2,18,19,20);1H. The molecule has 0 aliphatic carbocycles. The Morgan fingerprint density at radius 3 is 2.19 bits per heavy atom. The third-order valence-electron chi connectivity index (χ3n) is 4.78. The van der Waals surface area contributed by atoms with Gasteiger partial charge < -0.3 is 15.5 Å². The number of piperazine rings is 1. The summed E-state index contributed by atoms with van der Waals surface area (Å²) in [6.07, 6.45) is 1.85. The molecule has 0 radical (unpaired) electrons. The zero-order chi connectivity index (χ0) is 19.0. The molecular weight excluding hydrogens is 465 g/mol. The van der Waals surface area contributed by atoms with Crippen molar-refractivity contribution in [3.63, 3.8) is 0 Å². The summed E-state index contributed by atoms with van der Waals surface area (Å²) in [7, 11) is 0.991. The van der Waals surface area contributed by atoms with Crippen LogP contribution < -0.4 is 10.6 Å². The maximum Gasteiger partial charge on any atom is 0.191 e. The topological polar surface area (TPSA) is 77.0 Å². The Balaban J connectivity index is 0.00000625. The quantitative estimate of drug-likeness (QED) is 0.291. The molecule has 7 nitrogen and oxygen atoms in total. The highest BCUT2D eigenvalue weighted by atomic mass is 127. The van der Waals surface area contributed by atoms with Crippen LogP contribution in [0.15, 0.2) is 4.99 Å². The van der Waals surface area contributed by atoms with E-state index < -0.39 is 9.84 Å². The minimum atomic E-state index is -2.93. The lowest BCUT2D eigenvalue weighted by molar-refractivity contribution is 0.0899. The van der Waals surface area contributed by atoms with Gasteiger partial charge in [-0.3, -0.25) is 9.89 Å². The average molecular weight is 503 g/mol. The van der Waals surface area contributed by atoms with Crippen LogP contribution in [0.1, 0.15) is 27.2 Å². The van der Waals surface area contributed by atoms with Crippen molar-refractivity contribution in [3.8, 4) is 0 Å². The highest BCUT2D eigenvalue weighted by Crippen LogP contribution is 2.12. The fourth-order valence-corrected chi connectivity index (χ4v) is 3.81. The summed E-state index contributed by atoms with van der Waals surface area (Å²) in [5, 5.41) is 6.71. The van der Waals surface area contributed by atoms with Crippen molar-refractivity contribution in [1.82, 2.24) is 20.4 Å². The van der Waals surface area contributed by atoms with E-state index in [1.165, 1.54) is 6.26 Å². The van der Waals surface area contributed by atoms with Crippen LogP contribution in [0.25, 0.3) is 0 Å². The number of sulfone groups is 1. The molecule has 1 fully saturated rings. The van der Waals surface area contributed by atoms with Gasteiger partial charge in [0.25, 0.3) is 0 Å². The Morgan fingerprint density at radius 1 is 1.15 bits per heavy atom. The second-order valence-electron chi connectivity index (χ2n) is 7.57. The van der Waals surface area contributed by atoms with E-state index in [-0.39, 0.29) is 35.8 Å². The number of hydrogen-bond acceptors (Lipinski definition) is 5. The number of nitrogens with one attached hydrogen (secondary N) is 2. The molecule has 2 unspecified atom stereocenters. The Hall–Kier alpha value is -0.130. The van der Waals surface area contributed by atoms with Gasteiger partial charge in [0.2, 0.25) is 0 Å². The van der Waals surface area contributed by atoms with Gasteiger partial charge in [0.1, 0.15) is 9.84 Å². The van der Waals surface area contributed by atoms with Gasteiger partial charge in [0, 0.05) is 58.1 Å². The SMILES string of the molecule is CN=C(NCC(C(C)C)N1CCN(C)CC1)NC(C)CCS(C)(=O)=O.I. The van der Waals surface area contributed by atoms with E-state index in [0.29, 0.717) is 18.4 Å². The van der Waals surface area contributed by atoms with Gasteiger partial charge in [0.15, 0.2) is 5.96 Å². The third-order valence-corrected chi connectivity index (χ3v) is 5.76. The summed E-state index contributed by atoms with van der Waals surface area (Å²) in [4.78, 5) is 9.20. The van der Waals surface area contributed by atoms with E-state index in [4.69, 9.17) is 0 Å². The number of rotatable bonds is 8. The molecule has 1 aliphatic rings. The van der Waals surface area contributed by atoms with Crippen molar-refractivity contribution in [2.75, 3.05) is 58.8 Å². The number of likely N-dealkylation sites (N-methyl/N-ethyl adjacent to an activating group) is 1. The molecule has 156 valence electrons. The smallest absolute Gasteiger partial charge is 0.191 e. The molecule has 1 saturated heterocycles. The average Bonchev–Trinajstić information content (AvgIpc) is 2.52. The lowest BCUT2D eigenvalue weighted by Gasteiger charge is -2.40. The molecule has 1 rings (SSSR count). The molecule has 0 aromatic heterocycles. The zero-order valence-electron chi connectivity index (χ0n) is 17.2. The molecule has 0 spiro atoms. The largest absolute Gasteiger partial charge is 0.355 e. The Bertz CT molecular complexity index is 519. The van der Waals surface area contributed by atoms with Gasteiger partial charge in [-0.05, 0) is 26.3 Å². The number of guanidine groups is 1. The van der Waals surface area contributed by atoms with Gasteiger partial charge >= 0.3 is 0 Å². The van der Waals surface area contributed by atoms with E-state index in [0.717, 1.165) is 38.7 Å². The Kier molecular flexibility index (Phi) is 12.3. The highest BCUT2D eigenvalue weighted by molar-refractivity contribution is 14.0. The second kappa shape index (κ2) is 12.4. The van der Waals surface area contributed by atoms with Crippen molar-refractivity contribution in [2.45, 2.75) is 39.3 Å². The summed E-state index contributed by atoms with van der Waals surface area (Å²) >= 11 is 0. The Morgan fingerprint density at radius 2 is 1.73 bits per heavy atom. The van der Waals surface area contributed by atoms with Crippen molar-refractivity contribution in [3.05, 3.63) is 0 Å². The summed E-state index contributed by atoms with van der Waals surface area (Å²) in [6.45, 7) is 11.7. The van der Waals surface area contributed by atoms with E-state index in [1.807, 2.05) is 6.92 Å². The van der Waals surface area contributed by atoms with Crippen LogP contribution in [0, 0.1) is 5.92 Å².